The second kappa shape index (κ2) is 5.05. The Morgan fingerprint density at radius 3 is 2.77 bits per heavy atom. The van der Waals surface area contributed by atoms with Crippen molar-refractivity contribution in [1.82, 2.24) is 4.57 Å². The van der Waals surface area contributed by atoms with Gasteiger partial charge in [-0.2, -0.15) is 10.2 Å². The van der Waals surface area contributed by atoms with E-state index < -0.39 is 0 Å². The number of nitrogens with zero attached hydrogens (tertiary/aromatic N) is 3. The van der Waals surface area contributed by atoms with Crippen molar-refractivity contribution in [2.75, 3.05) is 0 Å². The monoisotopic (exact) mass is 337 g/mol. The SMILES string of the molecule is c1ccc2c(c1)CN=NC2n1c2ccccc2c2cc3ccoc3cc21. The van der Waals surface area contributed by atoms with Crippen LogP contribution < -0.4 is 0 Å². The first kappa shape index (κ1) is 13.8. The van der Waals surface area contributed by atoms with Crippen LogP contribution in [0, 0.1) is 0 Å². The highest BCUT2D eigenvalue weighted by Gasteiger charge is 2.24. The number of hydrogen-bond acceptors (Lipinski definition) is 3. The van der Waals surface area contributed by atoms with Crippen molar-refractivity contribution < 1.29 is 4.42 Å². The second-order valence-electron chi connectivity index (χ2n) is 6.70. The van der Waals surface area contributed by atoms with Gasteiger partial charge in [0, 0.05) is 27.8 Å². The molecule has 4 nitrogen and oxygen atoms in total. The third-order valence-corrected chi connectivity index (χ3v) is 5.29. The van der Waals surface area contributed by atoms with Gasteiger partial charge in [0.2, 0.25) is 0 Å². The van der Waals surface area contributed by atoms with E-state index in [0.717, 1.165) is 22.0 Å². The Labute approximate surface area is 149 Å². The van der Waals surface area contributed by atoms with Gasteiger partial charge in [-0.25, -0.2) is 0 Å². The number of azo groups is 1. The lowest BCUT2D eigenvalue weighted by Crippen LogP contribution is -2.12. The van der Waals surface area contributed by atoms with Crippen LogP contribution in [0.1, 0.15) is 17.3 Å². The number of para-hydroxylation sites is 1. The lowest BCUT2D eigenvalue weighted by Gasteiger charge is -2.22. The third kappa shape index (κ3) is 1.78. The highest BCUT2D eigenvalue weighted by molar-refractivity contribution is 6.12. The molecule has 26 heavy (non-hydrogen) atoms. The molecule has 3 heterocycles. The minimum atomic E-state index is -0.158. The van der Waals surface area contributed by atoms with E-state index in [-0.39, 0.29) is 6.17 Å². The van der Waals surface area contributed by atoms with Gasteiger partial charge in [-0.15, -0.1) is 0 Å². The van der Waals surface area contributed by atoms with Gasteiger partial charge < -0.3 is 8.98 Å². The van der Waals surface area contributed by atoms with E-state index in [0.29, 0.717) is 6.54 Å². The Morgan fingerprint density at radius 2 is 1.77 bits per heavy atom. The molecule has 6 rings (SSSR count). The Morgan fingerprint density at radius 1 is 0.885 bits per heavy atom. The molecular formula is C22H15N3O. The molecule has 1 aliphatic heterocycles. The quantitative estimate of drug-likeness (QED) is 0.367. The summed E-state index contributed by atoms with van der Waals surface area (Å²) >= 11 is 0. The summed E-state index contributed by atoms with van der Waals surface area (Å²) < 4.78 is 7.95. The summed E-state index contributed by atoms with van der Waals surface area (Å²) in [5, 5.41) is 12.6. The Balaban J connectivity index is 1.77. The summed E-state index contributed by atoms with van der Waals surface area (Å²) in [4.78, 5) is 0. The van der Waals surface area contributed by atoms with Crippen LogP contribution in [0.15, 0.2) is 87.6 Å². The standard InChI is InChI=1S/C22H15N3O/c1-2-6-16-15(5-1)13-23-24-22(16)25-19-8-4-3-7-17(19)18-11-14-9-10-26-21(14)12-20(18)25/h1-12,22H,13H2. The lowest BCUT2D eigenvalue weighted by molar-refractivity contribution is 0.572. The first-order valence-corrected chi connectivity index (χ1v) is 8.74. The summed E-state index contributed by atoms with van der Waals surface area (Å²) in [5.74, 6) is 0. The van der Waals surface area contributed by atoms with E-state index in [1.54, 1.807) is 6.26 Å². The van der Waals surface area contributed by atoms with Crippen LogP contribution in [0.2, 0.25) is 0 Å². The molecule has 0 bridgehead atoms. The maximum absolute atomic E-state index is 5.67. The van der Waals surface area contributed by atoms with Gasteiger partial charge in [-0.1, -0.05) is 42.5 Å². The first-order chi connectivity index (χ1) is 12.9. The van der Waals surface area contributed by atoms with Crippen molar-refractivity contribution in [3.63, 3.8) is 0 Å². The van der Waals surface area contributed by atoms with Crippen LogP contribution in [0.5, 0.6) is 0 Å². The minimum absolute atomic E-state index is 0.158. The molecule has 5 aromatic rings. The zero-order valence-electron chi connectivity index (χ0n) is 14.0. The average molecular weight is 337 g/mol. The van der Waals surface area contributed by atoms with E-state index in [9.17, 15) is 0 Å². The number of furan rings is 1. The van der Waals surface area contributed by atoms with Crippen LogP contribution in [-0.2, 0) is 6.54 Å². The van der Waals surface area contributed by atoms with Gasteiger partial charge in [-0.05, 0) is 23.8 Å². The van der Waals surface area contributed by atoms with Gasteiger partial charge >= 0.3 is 0 Å². The molecule has 0 saturated heterocycles. The van der Waals surface area contributed by atoms with Gasteiger partial charge in [0.25, 0.3) is 0 Å². The number of fused-ring (bicyclic) bond motifs is 5. The fourth-order valence-electron chi connectivity index (χ4n) is 4.10. The summed E-state index contributed by atoms with van der Waals surface area (Å²) in [6.07, 6.45) is 1.58. The normalized spacial score (nSPS) is 16.5. The predicted octanol–water partition coefficient (Wildman–Crippen LogP) is 6.05. The summed E-state index contributed by atoms with van der Waals surface area (Å²) in [6, 6.07) is 23.3. The maximum Gasteiger partial charge on any atom is 0.172 e. The van der Waals surface area contributed by atoms with Crippen LogP contribution in [0.4, 0.5) is 0 Å². The average Bonchev–Trinajstić information content (AvgIpc) is 3.27. The molecule has 2 aromatic heterocycles. The Hall–Kier alpha value is -3.40. The molecule has 124 valence electrons. The highest BCUT2D eigenvalue weighted by Crippen LogP contribution is 2.39. The lowest BCUT2D eigenvalue weighted by atomic mass is 10.0. The van der Waals surface area contributed by atoms with E-state index in [1.807, 2.05) is 6.07 Å². The molecule has 1 unspecified atom stereocenters. The van der Waals surface area contributed by atoms with Gasteiger partial charge in [0.1, 0.15) is 5.58 Å². The fraction of sp³-hybridized carbons (Fsp3) is 0.0909. The van der Waals surface area contributed by atoms with E-state index in [2.05, 4.69) is 75.5 Å². The van der Waals surface area contributed by atoms with Crippen molar-refractivity contribution in [1.29, 1.82) is 0 Å². The number of rotatable bonds is 1. The minimum Gasteiger partial charge on any atom is -0.464 e. The summed E-state index contributed by atoms with van der Waals surface area (Å²) in [5.41, 5.74) is 5.62. The van der Waals surface area contributed by atoms with Crippen LogP contribution >= 0.6 is 0 Å². The molecule has 0 N–H and O–H groups in total. The van der Waals surface area contributed by atoms with E-state index in [1.165, 1.54) is 21.9 Å². The molecule has 3 aromatic carbocycles. The van der Waals surface area contributed by atoms with Crippen molar-refractivity contribution in [3.8, 4) is 0 Å². The smallest absolute Gasteiger partial charge is 0.172 e. The fourth-order valence-corrected chi connectivity index (χ4v) is 4.10. The van der Waals surface area contributed by atoms with Gasteiger partial charge in [0.05, 0.1) is 23.8 Å². The van der Waals surface area contributed by atoms with Crippen molar-refractivity contribution in [3.05, 3.63) is 84.1 Å². The molecule has 0 radical (unpaired) electrons. The number of benzene rings is 3. The predicted molar refractivity (Wildman–Crippen MR) is 102 cm³/mol. The molecule has 0 amide bonds. The summed E-state index contributed by atoms with van der Waals surface area (Å²) in [6.45, 7) is 0.645. The van der Waals surface area contributed by atoms with Crippen LogP contribution in [-0.4, -0.2) is 4.57 Å². The zero-order chi connectivity index (χ0) is 17.1. The highest BCUT2D eigenvalue weighted by atomic mass is 16.3. The molecule has 1 aliphatic rings. The Kier molecular flexibility index (Phi) is 2.69. The van der Waals surface area contributed by atoms with Crippen LogP contribution in [0.3, 0.4) is 0 Å². The van der Waals surface area contributed by atoms with Crippen molar-refractivity contribution in [2.24, 2.45) is 10.2 Å². The van der Waals surface area contributed by atoms with E-state index >= 15 is 0 Å². The third-order valence-electron chi connectivity index (χ3n) is 5.29. The van der Waals surface area contributed by atoms with Gasteiger partial charge in [0.15, 0.2) is 6.17 Å². The number of hydrogen-bond donors (Lipinski definition) is 0. The first-order valence-electron chi connectivity index (χ1n) is 8.74. The number of aromatic nitrogens is 1. The van der Waals surface area contributed by atoms with Crippen molar-refractivity contribution >= 4 is 32.8 Å². The largest absolute Gasteiger partial charge is 0.464 e. The topological polar surface area (TPSA) is 42.8 Å². The van der Waals surface area contributed by atoms with Crippen molar-refractivity contribution in [2.45, 2.75) is 12.7 Å². The molecule has 4 heteroatoms. The molecule has 0 saturated carbocycles. The van der Waals surface area contributed by atoms with Gasteiger partial charge in [-0.3, -0.25) is 0 Å². The second-order valence-corrected chi connectivity index (χ2v) is 6.70. The molecule has 0 aliphatic carbocycles. The molecular weight excluding hydrogens is 322 g/mol. The Bertz CT molecular complexity index is 1330. The molecule has 1 atom stereocenters. The molecule has 0 spiro atoms. The maximum atomic E-state index is 5.67. The zero-order valence-corrected chi connectivity index (χ0v) is 14.0. The molecule has 0 fully saturated rings. The van der Waals surface area contributed by atoms with Crippen LogP contribution in [0.25, 0.3) is 32.8 Å². The van der Waals surface area contributed by atoms with E-state index in [4.69, 9.17) is 4.42 Å². The summed E-state index contributed by atoms with van der Waals surface area (Å²) in [7, 11) is 0.